The summed E-state index contributed by atoms with van der Waals surface area (Å²) in [6.45, 7) is 2.50. The van der Waals surface area contributed by atoms with Crippen LogP contribution in [0.4, 0.5) is 0 Å². The lowest BCUT2D eigenvalue weighted by molar-refractivity contribution is 0.0306. The van der Waals surface area contributed by atoms with Crippen LogP contribution in [0.5, 0.6) is 17.2 Å². The van der Waals surface area contributed by atoms with Gasteiger partial charge in [0, 0.05) is 6.54 Å². The largest absolute Gasteiger partial charge is 0.497 e. The molecular formula is C17H19NO3. The number of hydrogen-bond donors (Lipinski definition) is 1. The van der Waals surface area contributed by atoms with Gasteiger partial charge in [0.05, 0.1) is 7.11 Å². The first-order valence-corrected chi connectivity index (χ1v) is 7.01. The predicted octanol–water partition coefficient (Wildman–Crippen LogP) is 3.05. The number of ether oxygens (including phenoxy) is 3. The van der Waals surface area contributed by atoms with Crippen LogP contribution in [0.25, 0.3) is 0 Å². The maximum absolute atomic E-state index is 6.10. The fourth-order valence-corrected chi connectivity index (χ4v) is 2.50. The first-order valence-electron chi connectivity index (χ1n) is 7.01. The van der Waals surface area contributed by atoms with Crippen LogP contribution in [0.2, 0.25) is 0 Å². The SMILES string of the molecule is COc1ccc(C2Oc3ccc(CN)cc3OC2C)cc1. The van der Waals surface area contributed by atoms with E-state index in [0.717, 1.165) is 28.4 Å². The third-order valence-electron chi connectivity index (χ3n) is 3.68. The molecule has 0 radical (unpaired) electrons. The van der Waals surface area contributed by atoms with E-state index < -0.39 is 0 Å². The average Bonchev–Trinajstić information content (AvgIpc) is 2.53. The van der Waals surface area contributed by atoms with Crippen LogP contribution in [0.3, 0.4) is 0 Å². The van der Waals surface area contributed by atoms with Gasteiger partial charge < -0.3 is 19.9 Å². The van der Waals surface area contributed by atoms with Crippen molar-refractivity contribution in [3.63, 3.8) is 0 Å². The van der Waals surface area contributed by atoms with Gasteiger partial charge >= 0.3 is 0 Å². The lowest BCUT2D eigenvalue weighted by Gasteiger charge is -2.32. The maximum atomic E-state index is 6.10. The second-order valence-corrected chi connectivity index (χ2v) is 5.12. The van der Waals surface area contributed by atoms with Crippen LogP contribution in [-0.2, 0) is 6.54 Å². The van der Waals surface area contributed by atoms with E-state index in [-0.39, 0.29) is 12.2 Å². The van der Waals surface area contributed by atoms with E-state index in [0.29, 0.717) is 6.54 Å². The van der Waals surface area contributed by atoms with Gasteiger partial charge in [-0.25, -0.2) is 0 Å². The van der Waals surface area contributed by atoms with Crippen molar-refractivity contribution in [3.05, 3.63) is 53.6 Å². The molecule has 2 aromatic rings. The molecule has 2 atom stereocenters. The van der Waals surface area contributed by atoms with E-state index in [2.05, 4.69) is 0 Å². The number of fused-ring (bicyclic) bond motifs is 1. The molecule has 0 saturated carbocycles. The molecule has 0 bridgehead atoms. The minimum Gasteiger partial charge on any atom is -0.497 e. The summed E-state index contributed by atoms with van der Waals surface area (Å²) in [6, 6.07) is 13.7. The van der Waals surface area contributed by atoms with E-state index in [4.69, 9.17) is 19.9 Å². The van der Waals surface area contributed by atoms with Gasteiger partial charge in [0.15, 0.2) is 17.6 Å². The molecule has 0 aromatic heterocycles. The highest BCUT2D eigenvalue weighted by Crippen LogP contribution is 2.40. The Morgan fingerprint density at radius 3 is 2.48 bits per heavy atom. The van der Waals surface area contributed by atoms with Crippen LogP contribution in [-0.4, -0.2) is 13.2 Å². The number of methoxy groups -OCH3 is 1. The van der Waals surface area contributed by atoms with Gasteiger partial charge in [0.1, 0.15) is 11.9 Å². The number of benzene rings is 2. The Hall–Kier alpha value is -2.20. The summed E-state index contributed by atoms with van der Waals surface area (Å²) < 4.78 is 17.3. The number of hydrogen-bond acceptors (Lipinski definition) is 4. The van der Waals surface area contributed by atoms with Crippen molar-refractivity contribution in [2.24, 2.45) is 5.73 Å². The van der Waals surface area contributed by atoms with Crippen molar-refractivity contribution in [1.29, 1.82) is 0 Å². The molecule has 0 fully saturated rings. The quantitative estimate of drug-likeness (QED) is 0.941. The zero-order valence-electron chi connectivity index (χ0n) is 12.2. The minimum absolute atomic E-state index is 0.0704. The van der Waals surface area contributed by atoms with Gasteiger partial charge in [0.2, 0.25) is 0 Å². The Morgan fingerprint density at radius 1 is 1.05 bits per heavy atom. The molecule has 0 saturated heterocycles. The van der Waals surface area contributed by atoms with Gasteiger partial charge in [-0.05, 0) is 42.3 Å². The molecule has 0 spiro atoms. The summed E-state index contributed by atoms with van der Waals surface area (Å²) >= 11 is 0. The summed E-state index contributed by atoms with van der Waals surface area (Å²) in [5, 5.41) is 0. The molecule has 110 valence electrons. The molecule has 2 aromatic carbocycles. The molecule has 1 aliphatic heterocycles. The Balaban J connectivity index is 1.87. The van der Waals surface area contributed by atoms with Crippen LogP contribution in [0, 0.1) is 0 Å². The normalized spacial score (nSPS) is 20.1. The highest BCUT2D eigenvalue weighted by Gasteiger charge is 2.29. The summed E-state index contributed by atoms with van der Waals surface area (Å²) in [5.41, 5.74) is 7.76. The highest BCUT2D eigenvalue weighted by atomic mass is 16.6. The molecule has 3 rings (SSSR count). The molecule has 1 aliphatic rings. The van der Waals surface area contributed by atoms with Gasteiger partial charge in [-0.15, -0.1) is 0 Å². The van der Waals surface area contributed by atoms with E-state index in [9.17, 15) is 0 Å². The van der Waals surface area contributed by atoms with Gasteiger partial charge in [-0.1, -0.05) is 18.2 Å². The third-order valence-corrected chi connectivity index (χ3v) is 3.68. The first kappa shape index (κ1) is 13.8. The Bertz CT molecular complexity index is 624. The Morgan fingerprint density at radius 2 is 1.81 bits per heavy atom. The smallest absolute Gasteiger partial charge is 0.162 e. The summed E-state index contributed by atoms with van der Waals surface area (Å²) in [4.78, 5) is 0. The van der Waals surface area contributed by atoms with E-state index in [1.807, 2.05) is 49.4 Å². The first-order chi connectivity index (χ1) is 10.2. The molecule has 1 heterocycles. The standard InChI is InChI=1S/C17H19NO3/c1-11-17(13-4-6-14(19-2)7-5-13)21-15-8-3-12(10-18)9-16(15)20-11/h3-9,11,17H,10,18H2,1-2H3. The number of rotatable bonds is 3. The molecule has 4 heteroatoms. The fourth-order valence-electron chi connectivity index (χ4n) is 2.50. The molecule has 2 N–H and O–H groups in total. The monoisotopic (exact) mass is 285 g/mol. The second-order valence-electron chi connectivity index (χ2n) is 5.12. The zero-order chi connectivity index (χ0) is 14.8. The Kier molecular flexibility index (Phi) is 3.71. The predicted molar refractivity (Wildman–Crippen MR) is 80.8 cm³/mol. The van der Waals surface area contributed by atoms with E-state index in [1.54, 1.807) is 7.11 Å². The van der Waals surface area contributed by atoms with Crippen molar-refractivity contribution < 1.29 is 14.2 Å². The Labute approximate surface area is 124 Å². The maximum Gasteiger partial charge on any atom is 0.162 e. The molecule has 4 nitrogen and oxygen atoms in total. The van der Waals surface area contributed by atoms with Gasteiger partial charge in [-0.3, -0.25) is 0 Å². The lowest BCUT2D eigenvalue weighted by atomic mass is 10.0. The van der Waals surface area contributed by atoms with E-state index >= 15 is 0 Å². The van der Waals surface area contributed by atoms with Crippen LogP contribution in [0.15, 0.2) is 42.5 Å². The third kappa shape index (κ3) is 2.67. The van der Waals surface area contributed by atoms with Crippen molar-refractivity contribution in [2.45, 2.75) is 25.7 Å². The molecule has 0 aliphatic carbocycles. The zero-order valence-corrected chi connectivity index (χ0v) is 12.2. The van der Waals surface area contributed by atoms with Crippen LogP contribution < -0.4 is 19.9 Å². The topological polar surface area (TPSA) is 53.7 Å². The summed E-state index contributed by atoms with van der Waals surface area (Å²) in [6.07, 6.45) is -0.203. The minimum atomic E-state index is -0.132. The molecule has 21 heavy (non-hydrogen) atoms. The molecule has 2 unspecified atom stereocenters. The van der Waals surface area contributed by atoms with Crippen molar-refractivity contribution >= 4 is 0 Å². The van der Waals surface area contributed by atoms with Crippen LogP contribution in [0.1, 0.15) is 24.2 Å². The van der Waals surface area contributed by atoms with Crippen LogP contribution >= 0.6 is 0 Å². The van der Waals surface area contributed by atoms with Crippen molar-refractivity contribution in [2.75, 3.05) is 7.11 Å². The van der Waals surface area contributed by atoms with Gasteiger partial charge in [-0.2, -0.15) is 0 Å². The highest BCUT2D eigenvalue weighted by molar-refractivity contribution is 5.45. The summed E-state index contributed by atoms with van der Waals surface area (Å²) in [5.74, 6) is 2.34. The second kappa shape index (κ2) is 5.66. The van der Waals surface area contributed by atoms with E-state index in [1.165, 1.54) is 0 Å². The van der Waals surface area contributed by atoms with Crippen molar-refractivity contribution in [1.82, 2.24) is 0 Å². The summed E-state index contributed by atoms with van der Waals surface area (Å²) in [7, 11) is 1.66. The number of nitrogens with two attached hydrogens (primary N) is 1. The van der Waals surface area contributed by atoms with Crippen molar-refractivity contribution in [3.8, 4) is 17.2 Å². The molecular weight excluding hydrogens is 266 g/mol. The molecule has 0 amide bonds. The fraction of sp³-hybridized carbons (Fsp3) is 0.294. The average molecular weight is 285 g/mol. The lowest BCUT2D eigenvalue weighted by Crippen LogP contribution is -2.30. The van der Waals surface area contributed by atoms with Gasteiger partial charge in [0.25, 0.3) is 0 Å².